The molecule has 1 fully saturated rings. The molecule has 11 heavy (non-hydrogen) atoms. The van der Waals surface area contributed by atoms with Crippen LogP contribution in [-0.4, -0.2) is 24.1 Å². The minimum absolute atomic E-state index is 0.147. The van der Waals surface area contributed by atoms with E-state index < -0.39 is 0 Å². The summed E-state index contributed by atoms with van der Waals surface area (Å²) in [4.78, 5) is 10.2. The SMILES string of the molecule is CNC1CCC([N+](=O)[O-])CC1. The predicted molar refractivity (Wildman–Crippen MR) is 42.1 cm³/mol. The Morgan fingerprint density at radius 3 is 2.27 bits per heavy atom. The van der Waals surface area contributed by atoms with Crippen LogP contribution in [0.25, 0.3) is 0 Å². The van der Waals surface area contributed by atoms with E-state index in [0.29, 0.717) is 6.04 Å². The number of hydrogen-bond acceptors (Lipinski definition) is 3. The van der Waals surface area contributed by atoms with Crippen molar-refractivity contribution in [1.82, 2.24) is 5.32 Å². The largest absolute Gasteiger partial charge is 0.317 e. The van der Waals surface area contributed by atoms with Crippen LogP contribution in [0.3, 0.4) is 0 Å². The van der Waals surface area contributed by atoms with E-state index in [9.17, 15) is 10.1 Å². The molecule has 4 heteroatoms. The molecule has 0 heterocycles. The third-order valence-corrected chi connectivity index (χ3v) is 2.40. The molecule has 0 amide bonds. The van der Waals surface area contributed by atoms with E-state index in [0.717, 1.165) is 25.7 Å². The van der Waals surface area contributed by atoms with E-state index in [-0.39, 0.29) is 11.0 Å². The molecular formula is C7H14N2O2. The first-order valence-electron chi connectivity index (χ1n) is 4.05. The van der Waals surface area contributed by atoms with Crippen LogP contribution in [0.4, 0.5) is 0 Å². The molecule has 1 N–H and O–H groups in total. The van der Waals surface area contributed by atoms with Crippen molar-refractivity contribution < 1.29 is 4.92 Å². The average molecular weight is 158 g/mol. The second-order valence-corrected chi connectivity index (χ2v) is 3.08. The third-order valence-electron chi connectivity index (χ3n) is 2.40. The molecule has 1 aliphatic carbocycles. The minimum Gasteiger partial charge on any atom is -0.317 e. The molecule has 0 bridgehead atoms. The molecule has 64 valence electrons. The fourth-order valence-corrected chi connectivity index (χ4v) is 1.58. The van der Waals surface area contributed by atoms with Gasteiger partial charge in [-0.1, -0.05) is 0 Å². The Morgan fingerprint density at radius 2 is 1.91 bits per heavy atom. The summed E-state index contributed by atoms with van der Waals surface area (Å²) in [6.45, 7) is 0. The number of nitrogens with one attached hydrogen (secondary N) is 1. The molecular weight excluding hydrogens is 144 g/mol. The Morgan fingerprint density at radius 1 is 1.36 bits per heavy atom. The van der Waals surface area contributed by atoms with Gasteiger partial charge in [-0.2, -0.15) is 0 Å². The smallest absolute Gasteiger partial charge is 0.213 e. The molecule has 1 aliphatic rings. The predicted octanol–water partition coefficient (Wildman–Crippen LogP) is 0.794. The third kappa shape index (κ3) is 2.15. The molecule has 0 aromatic heterocycles. The number of hydrogen-bond donors (Lipinski definition) is 1. The van der Waals surface area contributed by atoms with Crippen molar-refractivity contribution in [3.05, 3.63) is 10.1 Å². The van der Waals surface area contributed by atoms with Gasteiger partial charge in [-0.3, -0.25) is 10.1 Å². The van der Waals surface area contributed by atoms with Crippen molar-refractivity contribution in [2.45, 2.75) is 37.8 Å². The molecule has 4 nitrogen and oxygen atoms in total. The topological polar surface area (TPSA) is 55.2 Å². The summed E-state index contributed by atoms with van der Waals surface area (Å²) >= 11 is 0. The first-order valence-corrected chi connectivity index (χ1v) is 4.05. The second-order valence-electron chi connectivity index (χ2n) is 3.08. The quantitative estimate of drug-likeness (QED) is 0.477. The van der Waals surface area contributed by atoms with Crippen molar-refractivity contribution in [1.29, 1.82) is 0 Å². The highest BCUT2D eigenvalue weighted by Gasteiger charge is 2.27. The first kappa shape index (κ1) is 8.46. The van der Waals surface area contributed by atoms with Crippen LogP contribution < -0.4 is 5.32 Å². The van der Waals surface area contributed by atoms with Crippen molar-refractivity contribution in [2.75, 3.05) is 7.05 Å². The Kier molecular flexibility index (Phi) is 2.82. The summed E-state index contributed by atoms with van der Waals surface area (Å²) < 4.78 is 0. The van der Waals surface area contributed by atoms with Gasteiger partial charge >= 0.3 is 0 Å². The lowest BCUT2D eigenvalue weighted by molar-refractivity contribution is -0.526. The standard InChI is InChI=1S/C7H14N2O2/c1-8-6-2-4-7(5-3-6)9(10)11/h6-8H,2-5H2,1H3. The maximum absolute atomic E-state index is 10.3. The fraction of sp³-hybridized carbons (Fsp3) is 1.00. The summed E-state index contributed by atoms with van der Waals surface area (Å²) in [6.07, 6.45) is 3.36. The highest BCUT2D eigenvalue weighted by molar-refractivity contribution is 4.75. The van der Waals surface area contributed by atoms with Crippen LogP contribution in [0.2, 0.25) is 0 Å². The zero-order valence-electron chi connectivity index (χ0n) is 6.75. The Bertz CT molecular complexity index is 141. The maximum Gasteiger partial charge on any atom is 0.213 e. The molecule has 0 saturated heterocycles. The van der Waals surface area contributed by atoms with Crippen molar-refractivity contribution >= 4 is 0 Å². The molecule has 1 rings (SSSR count). The van der Waals surface area contributed by atoms with Gasteiger partial charge in [0.15, 0.2) is 0 Å². The second kappa shape index (κ2) is 3.67. The van der Waals surface area contributed by atoms with Crippen molar-refractivity contribution in [3.8, 4) is 0 Å². The van der Waals surface area contributed by atoms with Crippen LogP contribution >= 0.6 is 0 Å². The monoisotopic (exact) mass is 158 g/mol. The summed E-state index contributed by atoms with van der Waals surface area (Å²) in [6, 6.07) is 0.228. The van der Waals surface area contributed by atoms with E-state index in [2.05, 4.69) is 5.32 Å². The summed E-state index contributed by atoms with van der Waals surface area (Å²) in [7, 11) is 1.91. The molecule has 0 aromatic rings. The van der Waals surface area contributed by atoms with Gasteiger partial charge in [-0.25, -0.2) is 0 Å². The zero-order chi connectivity index (χ0) is 8.27. The number of nitro groups is 1. The number of rotatable bonds is 2. The highest BCUT2D eigenvalue weighted by Crippen LogP contribution is 2.19. The molecule has 0 aliphatic heterocycles. The van der Waals surface area contributed by atoms with Gasteiger partial charge in [0.2, 0.25) is 6.04 Å². The lowest BCUT2D eigenvalue weighted by Gasteiger charge is -2.22. The van der Waals surface area contributed by atoms with E-state index >= 15 is 0 Å². The van der Waals surface area contributed by atoms with Gasteiger partial charge in [-0.15, -0.1) is 0 Å². The summed E-state index contributed by atoms with van der Waals surface area (Å²) in [5, 5.41) is 13.5. The Labute approximate surface area is 66.1 Å². The molecule has 0 radical (unpaired) electrons. The van der Waals surface area contributed by atoms with E-state index in [1.165, 1.54) is 0 Å². The molecule has 0 spiro atoms. The number of nitrogens with zero attached hydrogens (tertiary/aromatic N) is 1. The first-order chi connectivity index (χ1) is 5.24. The van der Waals surface area contributed by atoms with Gasteiger partial charge < -0.3 is 5.32 Å². The minimum atomic E-state index is -0.278. The lowest BCUT2D eigenvalue weighted by Crippen LogP contribution is -2.34. The lowest BCUT2D eigenvalue weighted by atomic mass is 9.92. The molecule has 0 unspecified atom stereocenters. The van der Waals surface area contributed by atoms with Gasteiger partial charge in [0.1, 0.15) is 0 Å². The van der Waals surface area contributed by atoms with E-state index in [1.807, 2.05) is 7.05 Å². The van der Waals surface area contributed by atoms with Gasteiger partial charge in [0, 0.05) is 23.8 Å². The molecule has 1 saturated carbocycles. The van der Waals surface area contributed by atoms with Crippen LogP contribution in [0, 0.1) is 10.1 Å². The zero-order valence-corrected chi connectivity index (χ0v) is 6.75. The van der Waals surface area contributed by atoms with Crippen molar-refractivity contribution in [3.63, 3.8) is 0 Å². The molecule has 0 atom stereocenters. The fourth-order valence-electron chi connectivity index (χ4n) is 1.58. The summed E-state index contributed by atoms with van der Waals surface area (Å²) in [5.74, 6) is 0. The highest BCUT2D eigenvalue weighted by atomic mass is 16.6. The van der Waals surface area contributed by atoms with E-state index in [4.69, 9.17) is 0 Å². The Balaban J connectivity index is 2.30. The molecule has 0 aromatic carbocycles. The van der Waals surface area contributed by atoms with Crippen molar-refractivity contribution in [2.24, 2.45) is 0 Å². The van der Waals surface area contributed by atoms with Crippen LogP contribution in [0.5, 0.6) is 0 Å². The maximum atomic E-state index is 10.3. The average Bonchev–Trinajstić information content (AvgIpc) is 2.05. The van der Waals surface area contributed by atoms with Crippen LogP contribution in [0.15, 0.2) is 0 Å². The normalized spacial score (nSPS) is 31.7. The van der Waals surface area contributed by atoms with Crippen LogP contribution in [-0.2, 0) is 0 Å². The van der Waals surface area contributed by atoms with E-state index in [1.54, 1.807) is 0 Å². The van der Waals surface area contributed by atoms with Gasteiger partial charge in [0.25, 0.3) is 0 Å². The van der Waals surface area contributed by atoms with Gasteiger partial charge in [0.05, 0.1) is 0 Å². The van der Waals surface area contributed by atoms with Crippen LogP contribution in [0.1, 0.15) is 25.7 Å². The van der Waals surface area contributed by atoms with Gasteiger partial charge in [-0.05, 0) is 19.9 Å². The Hall–Kier alpha value is -0.640. The summed E-state index contributed by atoms with van der Waals surface area (Å²) in [5.41, 5.74) is 0.